The van der Waals surface area contributed by atoms with Gasteiger partial charge in [0.1, 0.15) is 5.78 Å². The van der Waals surface area contributed by atoms with Crippen molar-refractivity contribution in [1.82, 2.24) is 4.98 Å². The molecule has 1 aliphatic rings. The number of aromatic nitrogens is 1. The Labute approximate surface area is 97.1 Å². The molecule has 1 aromatic rings. The molecule has 86 valence electrons. The number of rotatable bonds is 4. The highest BCUT2D eigenvalue weighted by atomic mass is 16.1. The molecule has 1 heterocycles. The number of Topliss-reactive ketones (excluding diaryl/α,β-unsaturated/α-hetero) is 1. The molecule has 2 heteroatoms. The normalized spacial score (nSPS) is 16.6. The highest BCUT2D eigenvalue weighted by Gasteiger charge is 2.21. The van der Waals surface area contributed by atoms with Gasteiger partial charge in [-0.05, 0) is 37.3 Å². The van der Waals surface area contributed by atoms with Gasteiger partial charge in [0.25, 0.3) is 0 Å². The lowest BCUT2D eigenvalue weighted by molar-refractivity contribution is -0.122. The predicted octanol–water partition coefficient (Wildman–Crippen LogP) is 3.08. The third-order valence-corrected chi connectivity index (χ3v) is 3.40. The number of ketones is 1. The van der Waals surface area contributed by atoms with Crippen molar-refractivity contribution in [2.75, 3.05) is 0 Å². The molecule has 0 unspecified atom stereocenters. The summed E-state index contributed by atoms with van der Waals surface area (Å²) in [5.74, 6) is 0.816. The first-order chi connectivity index (χ1) is 7.75. The Morgan fingerprint density at radius 3 is 2.81 bits per heavy atom. The highest BCUT2D eigenvalue weighted by Crippen LogP contribution is 2.26. The molecule has 0 aliphatic heterocycles. The molecule has 1 aliphatic carbocycles. The molecule has 0 radical (unpaired) electrons. The Kier molecular flexibility index (Phi) is 3.70. The second-order valence-electron chi connectivity index (χ2n) is 4.82. The third kappa shape index (κ3) is 2.91. The zero-order chi connectivity index (χ0) is 11.4. The zero-order valence-corrected chi connectivity index (χ0v) is 9.91. The summed E-state index contributed by atoms with van der Waals surface area (Å²) >= 11 is 0. The molecule has 16 heavy (non-hydrogen) atoms. The standard InChI is InChI=1S/C14H19NO/c1-11-8-12(10-15-9-11)6-7-14(16)13-4-2-3-5-13/h8-10,13H,2-7H2,1H3. The van der Waals surface area contributed by atoms with Crippen LogP contribution in [0.1, 0.15) is 43.2 Å². The van der Waals surface area contributed by atoms with Crippen LogP contribution in [0.25, 0.3) is 0 Å². The van der Waals surface area contributed by atoms with Gasteiger partial charge in [-0.2, -0.15) is 0 Å². The fourth-order valence-electron chi connectivity index (χ4n) is 2.47. The first-order valence-corrected chi connectivity index (χ1v) is 6.19. The van der Waals surface area contributed by atoms with Gasteiger partial charge in [-0.25, -0.2) is 0 Å². The summed E-state index contributed by atoms with van der Waals surface area (Å²) in [6.45, 7) is 2.04. The highest BCUT2D eigenvalue weighted by molar-refractivity contribution is 5.81. The molecule has 0 N–H and O–H groups in total. The predicted molar refractivity (Wildman–Crippen MR) is 64.3 cm³/mol. The Morgan fingerprint density at radius 2 is 2.12 bits per heavy atom. The van der Waals surface area contributed by atoms with Crippen LogP contribution in [0.5, 0.6) is 0 Å². The maximum atomic E-state index is 11.9. The molecule has 0 bridgehead atoms. The van der Waals surface area contributed by atoms with E-state index in [1.807, 2.05) is 19.3 Å². The van der Waals surface area contributed by atoms with Crippen molar-refractivity contribution >= 4 is 5.78 Å². The number of aryl methyl sites for hydroxylation is 2. The number of pyridine rings is 1. The number of carbonyl (C=O) groups is 1. The van der Waals surface area contributed by atoms with Gasteiger partial charge in [0.05, 0.1) is 0 Å². The van der Waals surface area contributed by atoms with Crippen molar-refractivity contribution in [2.24, 2.45) is 5.92 Å². The summed E-state index contributed by atoms with van der Waals surface area (Å²) in [4.78, 5) is 16.0. The Balaban J connectivity index is 1.84. The van der Waals surface area contributed by atoms with Gasteiger partial charge in [0, 0.05) is 24.7 Å². The zero-order valence-electron chi connectivity index (χ0n) is 9.91. The van der Waals surface area contributed by atoms with E-state index in [9.17, 15) is 4.79 Å². The Bertz CT molecular complexity index is 367. The van der Waals surface area contributed by atoms with Crippen LogP contribution in [-0.2, 0) is 11.2 Å². The molecular formula is C14H19NO. The van der Waals surface area contributed by atoms with Crippen molar-refractivity contribution in [3.05, 3.63) is 29.6 Å². The van der Waals surface area contributed by atoms with Crippen molar-refractivity contribution in [3.8, 4) is 0 Å². The lowest BCUT2D eigenvalue weighted by atomic mass is 9.97. The first kappa shape index (κ1) is 11.3. The van der Waals surface area contributed by atoms with Crippen molar-refractivity contribution < 1.29 is 4.79 Å². The van der Waals surface area contributed by atoms with Crippen LogP contribution in [-0.4, -0.2) is 10.8 Å². The minimum Gasteiger partial charge on any atom is -0.299 e. The number of hydrogen-bond donors (Lipinski definition) is 0. The van der Waals surface area contributed by atoms with Gasteiger partial charge in [-0.1, -0.05) is 18.9 Å². The lowest BCUT2D eigenvalue weighted by Gasteiger charge is -2.07. The average Bonchev–Trinajstić information content (AvgIpc) is 2.79. The average molecular weight is 217 g/mol. The fraction of sp³-hybridized carbons (Fsp3) is 0.571. The SMILES string of the molecule is Cc1cncc(CCC(=O)C2CCCC2)c1. The maximum absolute atomic E-state index is 11.9. The largest absolute Gasteiger partial charge is 0.299 e. The lowest BCUT2D eigenvalue weighted by Crippen LogP contribution is -2.11. The first-order valence-electron chi connectivity index (χ1n) is 6.19. The molecule has 0 atom stereocenters. The van der Waals surface area contributed by atoms with E-state index in [1.165, 1.54) is 24.0 Å². The van der Waals surface area contributed by atoms with Gasteiger partial charge in [-0.15, -0.1) is 0 Å². The molecule has 1 fully saturated rings. The third-order valence-electron chi connectivity index (χ3n) is 3.40. The van der Waals surface area contributed by atoms with E-state index < -0.39 is 0 Å². The monoisotopic (exact) mass is 217 g/mol. The van der Waals surface area contributed by atoms with E-state index in [0.29, 0.717) is 18.1 Å². The summed E-state index contributed by atoms with van der Waals surface area (Å²) in [5.41, 5.74) is 2.36. The molecular weight excluding hydrogens is 198 g/mol. The minimum atomic E-state index is 0.359. The summed E-state index contributed by atoms with van der Waals surface area (Å²) < 4.78 is 0. The number of hydrogen-bond acceptors (Lipinski definition) is 2. The van der Waals surface area contributed by atoms with Crippen molar-refractivity contribution in [3.63, 3.8) is 0 Å². The van der Waals surface area contributed by atoms with Crippen LogP contribution in [0.15, 0.2) is 18.5 Å². The van der Waals surface area contributed by atoms with Gasteiger partial charge < -0.3 is 0 Å². The molecule has 1 aromatic heterocycles. The van der Waals surface area contributed by atoms with E-state index in [-0.39, 0.29) is 0 Å². The fourth-order valence-corrected chi connectivity index (χ4v) is 2.47. The summed E-state index contributed by atoms with van der Waals surface area (Å²) in [6, 6.07) is 2.12. The van der Waals surface area contributed by atoms with Gasteiger partial charge in [0.15, 0.2) is 0 Å². The van der Waals surface area contributed by atoms with Crippen molar-refractivity contribution in [1.29, 1.82) is 0 Å². The van der Waals surface area contributed by atoms with E-state index in [1.54, 1.807) is 0 Å². The Hall–Kier alpha value is -1.18. The van der Waals surface area contributed by atoms with Crippen LogP contribution in [0.2, 0.25) is 0 Å². The number of carbonyl (C=O) groups excluding carboxylic acids is 1. The molecule has 0 spiro atoms. The molecule has 0 amide bonds. The molecule has 2 nitrogen and oxygen atoms in total. The van der Waals surface area contributed by atoms with E-state index in [2.05, 4.69) is 11.1 Å². The van der Waals surface area contributed by atoms with E-state index in [4.69, 9.17) is 0 Å². The van der Waals surface area contributed by atoms with Gasteiger partial charge in [0.2, 0.25) is 0 Å². The minimum absolute atomic E-state index is 0.359. The Morgan fingerprint density at radius 1 is 1.38 bits per heavy atom. The van der Waals surface area contributed by atoms with E-state index >= 15 is 0 Å². The van der Waals surface area contributed by atoms with Crippen LogP contribution in [0, 0.1) is 12.8 Å². The smallest absolute Gasteiger partial charge is 0.136 e. The summed E-state index contributed by atoms with van der Waals surface area (Å²) in [5, 5.41) is 0. The van der Waals surface area contributed by atoms with Gasteiger partial charge >= 0.3 is 0 Å². The van der Waals surface area contributed by atoms with Crippen LogP contribution in [0.4, 0.5) is 0 Å². The quantitative estimate of drug-likeness (QED) is 0.775. The number of nitrogens with zero attached hydrogens (tertiary/aromatic N) is 1. The van der Waals surface area contributed by atoms with Crippen molar-refractivity contribution in [2.45, 2.75) is 45.4 Å². The van der Waals surface area contributed by atoms with Gasteiger partial charge in [-0.3, -0.25) is 9.78 Å². The van der Waals surface area contributed by atoms with Crippen LogP contribution in [0.3, 0.4) is 0 Å². The molecule has 2 rings (SSSR count). The van der Waals surface area contributed by atoms with E-state index in [0.717, 1.165) is 19.3 Å². The molecule has 0 saturated heterocycles. The second kappa shape index (κ2) is 5.24. The maximum Gasteiger partial charge on any atom is 0.136 e. The van der Waals surface area contributed by atoms with Crippen LogP contribution >= 0.6 is 0 Å². The summed E-state index contributed by atoms with van der Waals surface area (Å²) in [7, 11) is 0. The second-order valence-corrected chi connectivity index (χ2v) is 4.82. The summed E-state index contributed by atoms with van der Waals surface area (Å²) in [6.07, 6.45) is 9.97. The topological polar surface area (TPSA) is 30.0 Å². The molecule has 0 aromatic carbocycles. The van der Waals surface area contributed by atoms with Crippen LogP contribution < -0.4 is 0 Å². The molecule has 1 saturated carbocycles.